The Bertz CT molecular complexity index is 842. The van der Waals surface area contributed by atoms with Crippen LogP contribution in [0.4, 0.5) is 4.39 Å². The maximum Gasteiger partial charge on any atom is 0.191 e. The molecule has 2 aromatic rings. The monoisotopic (exact) mass is 403 g/mol. The summed E-state index contributed by atoms with van der Waals surface area (Å²) >= 11 is 0. The zero-order valence-electron chi connectivity index (χ0n) is 17.6. The van der Waals surface area contributed by atoms with Gasteiger partial charge in [-0.25, -0.2) is 4.39 Å². The molecule has 0 amide bonds. The molecule has 2 unspecified atom stereocenters. The van der Waals surface area contributed by atoms with Gasteiger partial charge in [-0.15, -0.1) is 0 Å². The van der Waals surface area contributed by atoms with Crippen molar-refractivity contribution in [1.29, 1.82) is 0 Å². The molecule has 0 aliphatic carbocycles. The highest BCUT2D eigenvalue weighted by Gasteiger charge is 2.13. The second kappa shape index (κ2) is 10.7. The first kappa shape index (κ1) is 22.5. The van der Waals surface area contributed by atoms with Crippen LogP contribution in [0.25, 0.3) is 0 Å². The molecule has 3 N–H and O–H groups in total. The number of rotatable bonds is 8. The predicted octanol–water partition coefficient (Wildman–Crippen LogP) is 3.50. The van der Waals surface area contributed by atoms with Crippen molar-refractivity contribution >= 4 is 5.96 Å². The zero-order valence-corrected chi connectivity index (χ0v) is 17.6. The number of nitrogens with zero attached hydrogens (tertiary/aromatic N) is 1. The van der Waals surface area contributed by atoms with Crippen molar-refractivity contribution in [3.8, 4) is 11.5 Å². The Morgan fingerprint density at radius 3 is 2.41 bits per heavy atom. The lowest BCUT2D eigenvalue weighted by molar-refractivity contribution is 0.186. The maximum absolute atomic E-state index is 13.9. The highest BCUT2D eigenvalue weighted by Crippen LogP contribution is 2.30. The molecule has 2 rings (SSSR count). The lowest BCUT2D eigenvalue weighted by atomic mass is 10.1. The van der Waals surface area contributed by atoms with Gasteiger partial charge in [0, 0.05) is 6.54 Å². The number of aliphatic hydroxyl groups is 1. The average Bonchev–Trinajstić information content (AvgIpc) is 2.73. The van der Waals surface area contributed by atoms with Gasteiger partial charge in [0.1, 0.15) is 5.82 Å². The van der Waals surface area contributed by atoms with Gasteiger partial charge in [0.25, 0.3) is 0 Å². The minimum absolute atomic E-state index is 0.152. The fourth-order valence-electron chi connectivity index (χ4n) is 2.83. The predicted molar refractivity (Wildman–Crippen MR) is 113 cm³/mol. The molecule has 0 fully saturated rings. The van der Waals surface area contributed by atoms with Crippen molar-refractivity contribution in [3.63, 3.8) is 0 Å². The van der Waals surface area contributed by atoms with E-state index < -0.39 is 6.10 Å². The smallest absolute Gasteiger partial charge is 0.191 e. The van der Waals surface area contributed by atoms with E-state index in [4.69, 9.17) is 9.47 Å². The van der Waals surface area contributed by atoms with Crippen LogP contribution >= 0.6 is 0 Å². The van der Waals surface area contributed by atoms with Crippen LogP contribution in [-0.2, 0) is 0 Å². The van der Waals surface area contributed by atoms with Crippen LogP contribution in [0.3, 0.4) is 0 Å². The third-order valence-corrected chi connectivity index (χ3v) is 4.61. The van der Waals surface area contributed by atoms with E-state index in [0.29, 0.717) is 35.1 Å². The van der Waals surface area contributed by atoms with Crippen LogP contribution in [0.2, 0.25) is 0 Å². The van der Waals surface area contributed by atoms with Gasteiger partial charge in [-0.2, -0.15) is 0 Å². The molecular formula is C22H30FN3O3. The number of aliphatic hydroxyl groups excluding tert-OH is 1. The SMILES string of the molecule is CCNC(=NCC(O)c1ccc(OC)c(OC)c1)NC(C)c1ccc(C)c(F)c1. The quantitative estimate of drug-likeness (QED) is 0.465. The Balaban J connectivity index is 2.10. The Labute approximate surface area is 171 Å². The second-order valence-electron chi connectivity index (χ2n) is 6.72. The van der Waals surface area contributed by atoms with Crippen molar-refractivity contribution in [2.45, 2.75) is 32.9 Å². The molecule has 0 saturated carbocycles. The number of aliphatic imine (C=N–C) groups is 1. The number of hydrogen-bond donors (Lipinski definition) is 3. The number of methoxy groups -OCH3 is 2. The van der Waals surface area contributed by atoms with E-state index >= 15 is 0 Å². The van der Waals surface area contributed by atoms with Gasteiger partial charge in [-0.05, 0) is 55.7 Å². The molecule has 0 aromatic heterocycles. The van der Waals surface area contributed by atoms with Crippen molar-refractivity contribution in [2.75, 3.05) is 27.3 Å². The lowest BCUT2D eigenvalue weighted by Gasteiger charge is -2.19. The van der Waals surface area contributed by atoms with Gasteiger partial charge in [0.15, 0.2) is 17.5 Å². The van der Waals surface area contributed by atoms with Crippen molar-refractivity contribution in [3.05, 3.63) is 58.9 Å². The average molecular weight is 403 g/mol. The van der Waals surface area contributed by atoms with Crippen LogP contribution in [0.15, 0.2) is 41.4 Å². The third kappa shape index (κ3) is 6.09. The Hall–Kier alpha value is -2.80. The molecule has 29 heavy (non-hydrogen) atoms. The first-order valence-corrected chi connectivity index (χ1v) is 9.60. The number of halogens is 1. The minimum atomic E-state index is -0.808. The van der Waals surface area contributed by atoms with Crippen molar-refractivity contribution in [2.24, 2.45) is 4.99 Å². The number of guanidine groups is 1. The minimum Gasteiger partial charge on any atom is -0.493 e. The summed E-state index contributed by atoms with van der Waals surface area (Å²) in [6.07, 6.45) is -0.808. The number of benzene rings is 2. The molecule has 7 heteroatoms. The van der Waals surface area contributed by atoms with Crippen LogP contribution in [-0.4, -0.2) is 38.4 Å². The molecule has 2 aromatic carbocycles. The van der Waals surface area contributed by atoms with E-state index in [9.17, 15) is 9.50 Å². The van der Waals surface area contributed by atoms with E-state index in [0.717, 1.165) is 5.56 Å². The lowest BCUT2D eigenvalue weighted by Crippen LogP contribution is -2.39. The summed E-state index contributed by atoms with van der Waals surface area (Å²) < 4.78 is 24.4. The number of aryl methyl sites for hydroxylation is 1. The van der Waals surface area contributed by atoms with Crippen molar-refractivity contribution in [1.82, 2.24) is 10.6 Å². The summed E-state index contributed by atoms with van der Waals surface area (Å²) in [5.41, 5.74) is 2.11. The van der Waals surface area contributed by atoms with E-state index in [1.165, 1.54) is 6.07 Å². The molecule has 0 aliphatic heterocycles. The fourth-order valence-corrected chi connectivity index (χ4v) is 2.83. The highest BCUT2D eigenvalue weighted by molar-refractivity contribution is 5.80. The standard InChI is InChI=1S/C22H30FN3O3/c1-6-24-22(26-15(3)16-8-7-14(2)18(23)11-16)25-13-19(27)17-9-10-20(28-4)21(12-17)29-5/h7-12,15,19,27H,6,13H2,1-5H3,(H2,24,25,26). The number of hydrogen-bond acceptors (Lipinski definition) is 4. The van der Waals surface area contributed by atoms with E-state index in [-0.39, 0.29) is 18.4 Å². The van der Waals surface area contributed by atoms with Crippen LogP contribution < -0.4 is 20.1 Å². The Morgan fingerprint density at radius 1 is 1.10 bits per heavy atom. The summed E-state index contributed by atoms with van der Waals surface area (Å²) in [6.45, 7) is 6.44. The Kier molecular flexibility index (Phi) is 8.27. The summed E-state index contributed by atoms with van der Waals surface area (Å²) in [4.78, 5) is 4.47. The van der Waals surface area contributed by atoms with Crippen LogP contribution in [0, 0.1) is 12.7 Å². The van der Waals surface area contributed by atoms with E-state index in [1.54, 1.807) is 45.4 Å². The summed E-state index contributed by atoms with van der Waals surface area (Å²) in [6, 6.07) is 10.3. The van der Waals surface area contributed by atoms with Crippen molar-refractivity contribution < 1.29 is 19.0 Å². The maximum atomic E-state index is 13.9. The summed E-state index contributed by atoms with van der Waals surface area (Å²) in [7, 11) is 3.11. The third-order valence-electron chi connectivity index (χ3n) is 4.61. The molecule has 0 spiro atoms. The molecular weight excluding hydrogens is 373 g/mol. The summed E-state index contributed by atoms with van der Waals surface area (Å²) in [5.74, 6) is 1.46. The van der Waals surface area contributed by atoms with E-state index in [2.05, 4.69) is 15.6 Å². The normalized spacial score (nSPS) is 13.6. The zero-order chi connectivity index (χ0) is 21.4. The van der Waals surface area contributed by atoms with Gasteiger partial charge in [0.05, 0.1) is 32.9 Å². The molecule has 6 nitrogen and oxygen atoms in total. The van der Waals surface area contributed by atoms with Crippen LogP contribution in [0.5, 0.6) is 11.5 Å². The molecule has 0 heterocycles. The second-order valence-corrected chi connectivity index (χ2v) is 6.72. The highest BCUT2D eigenvalue weighted by atomic mass is 19.1. The summed E-state index contributed by atoms with van der Waals surface area (Å²) in [5, 5.41) is 16.9. The molecule has 158 valence electrons. The largest absolute Gasteiger partial charge is 0.493 e. The van der Waals surface area contributed by atoms with Gasteiger partial charge in [0.2, 0.25) is 0 Å². The van der Waals surface area contributed by atoms with Gasteiger partial charge in [-0.3, -0.25) is 4.99 Å². The van der Waals surface area contributed by atoms with Crippen LogP contribution in [0.1, 0.15) is 42.7 Å². The molecule has 0 bridgehead atoms. The fraction of sp³-hybridized carbons (Fsp3) is 0.409. The molecule has 2 atom stereocenters. The van der Waals surface area contributed by atoms with Gasteiger partial charge >= 0.3 is 0 Å². The Morgan fingerprint density at radius 2 is 1.79 bits per heavy atom. The first-order chi connectivity index (χ1) is 13.9. The number of ether oxygens (including phenoxy) is 2. The van der Waals surface area contributed by atoms with Gasteiger partial charge < -0.3 is 25.2 Å². The van der Waals surface area contributed by atoms with Gasteiger partial charge in [-0.1, -0.05) is 18.2 Å². The first-order valence-electron chi connectivity index (χ1n) is 9.60. The molecule has 0 radical (unpaired) electrons. The van der Waals surface area contributed by atoms with E-state index in [1.807, 2.05) is 19.9 Å². The number of nitrogens with one attached hydrogen (secondary N) is 2. The topological polar surface area (TPSA) is 75.1 Å². The molecule has 0 saturated heterocycles. The molecule has 0 aliphatic rings.